The molecule has 0 saturated carbocycles. The number of aliphatic hydroxyl groups is 1. The summed E-state index contributed by atoms with van der Waals surface area (Å²) in [5.74, 6) is -0.410. The molecule has 4 nitrogen and oxygen atoms in total. The minimum Gasteiger partial charge on any atom is -0.372 e. The monoisotopic (exact) mass is 308 g/mol. The summed E-state index contributed by atoms with van der Waals surface area (Å²) in [6.45, 7) is 2.57. The largest absolute Gasteiger partial charge is 0.372 e. The van der Waals surface area contributed by atoms with E-state index in [2.05, 4.69) is 0 Å². The second kappa shape index (κ2) is 7.57. The fourth-order valence-electron chi connectivity index (χ4n) is 2.59. The van der Waals surface area contributed by atoms with Crippen molar-refractivity contribution in [1.29, 1.82) is 5.26 Å². The van der Waals surface area contributed by atoms with Gasteiger partial charge in [0.1, 0.15) is 0 Å². The van der Waals surface area contributed by atoms with Crippen LogP contribution in [-0.4, -0.2) is 29.0 Å². The predicted octanol–water partition coefficient (Wildman–Crippen LogP) is 2.68. The average molecular weight is 308 g/mol. The summed E-state index contributed by atoms with van der Waals surface area (Å²) < 4.78 is 0. The van der Waals surface area contributed by atoms with Gasteiger partial charge in [-0.1, -0.05) is 60.7 Å². The predicted molar refractivity (Wildman–Crippen MR) is 88.4 cm³/mol. The number of carbonyl (C=O) groups excluding carboxylic acids is 1. The summed E-state index contributed by atoms with van der Waals surface area (Å²) in [4.78, 5) is 14.6. The van der Waals surface area contributed by atoms with Gasteiger partial charge >= 0.3 is 0 Å². The standard InChI is InChI=1S/C19H20N2O2/c1-2-21(15-9-14-20)18(22)19(23,16-10-5-3-6-11-16)17-12-7-4-8-13-17/h3-8,10-13,23H,2,9,15H2,1H3. The Kier molecular flexibility index (Phi) is 5.51. The summed E-state index contributed by atoms with van der Waals surface area (Å²) in [5.41, 5.74) is -0.716. The van der Waals surface area contributed by atoms with E-state index in [-0.39, 0.29) is 6.42 Å². The highest BCUT2D eigenvalue weighted by molar-refractivity contribution is 5.90. The molecular formula is C19H20N2O2. The molecule has 0 unspecified atom stereocenters. The number of carbonyl (C=O) groups is 1. The van der Waals surface area contributed by atoms with E-state index in [0.717, 1.165) is 0 Å². The van der Waals surface area contributed by atoms with Gasteiger partial charge in [-0.15, -0.1) is 0 Å². The second-order valence-corrected chi connectivity index (χ2v) is 5.24. The molecule has 0 atom stereocenters. The Hall–Kier alpha value is -2.64. The van der Waals surface area contributed by atoms with Crippen molar-refractivity contribution < 1.29 is 9.90 Å². The summed E-state index contributed by atoms with van der Waals surface area (Å²) in [7, 11) is 0. The maximum absolute atomic E-state index is 13.1. The van der Waals surface area contributed by atoms with Gasteiger partial charge in [-0.3, -0.25) is 4.79 Å². The van der Waals surface area contributed by atoms with Crippen LogP contribution in [0.15, 0.2) is 60.7 Å². The van der Waals surface area contributed by atoms with Crippen molar-refractivity contribution in [1.82, 2.24) is 4.90 Å². The van der Waals surface area contributed by atoms with Gasteiger partial charge in [-0.2, -0.15) is 5.26 Å². The van der Waals surface area contributed by atoms with Crippen LogP contribution in [0.1, 0.15) is 24.5 Å². The topological polar surface area (TPSA) is 64.3 Å². The lowest BCUT2D eigenvalue weighted by molar-refractivity contribution is -0.147. The van der Waals surface area contributed by atoms with Gasteiger partial charge in [0.05, 0.1) is 12.5 Å². The number of likely N-dealkylation sites (N-methyl/N-ethyl adjacent to an activating group) is 1. The van der Waals surface area contributed by atoms with E-state index in [1.807, 2.05) is 25.1 Å². The van der Waals surface area contributed by atoms with Gasteiger partial charge in [-0.25, -0.2) is 0 Å². The van der Waals surface area contributed by atoms with Crippen molar-refractivity contribution in [3.8, 4) is 6.07 Å². The van der Waals surface area contributed by atoms with E-state index in [9.17, 15) is 9.90 Å². The summed E-state index contributed by atoms with van der Waals surface area (Å²) >= 11 is 0. The van der Waals surface area contributed by atoms with Crippen molar-refractivity contribution in [2.45, 2.75) is 18.9 Å². The Bertz CT molecular complexity index is 638. The fourth-order valence-corrected chi connectivity index (χ4v) is 2.59. The van der Waals surface area contributed by atoms with Crippen molar-refractivity contribution in [3.05, 3.63) is 71.8 Å². The van der Waals surface area contributed by atoms with Gasteiger partial charge in [-0.05, 0) is 18.1 Å². The number of nitrogens with zero attached hydrogens (tertiary/aromatic N) is 2. The summed E-state index contributed by atoms with van der Waals surface area (Å²) in [6.07, 6.45) is 0.235. The lowest BCUT2D eigenvalue weighted by Crippen LogP contribution is -2.48. The third kappa shape index (κ3) is 3.41. The molecule has 1 N–H and O–H groups in total. The highest BCUT2D eigenvalue weighted by Gasteiger charge is 2.42. The average Bonchev–Trinajstić information content (AvgIpc) is 2.63. The Morgan fingerprint density at radius 2 is 1.57 bits per heavy atom. The Morgan fingerprint density at radius 3 is 1.96 bits per heavy atom. The van der Waals surface area contributed by atoms with Crippen LogP contribution in [0, 0.1) is 11.3 Å². The molecule has 2 aromatic rings. The summed E-state index contributed by atoms with van der Waals surface area (Å²) in [6, 6.07) is 19.9. The molecule has 0 aliphatic rings. The molecule has 0 saturated heterocycles. The fraction of sp³-hybridized carbons (Fsp3) is 0.263. The first-order chi connectivity index (χ1) is 11.1. The first kappa shape index (κ1) is 16.7. The minimum atomic E-state index is -1.76. The van der Waals surface area contributed by atoms with Gasteiger partial charge in [0, 0.05) is 13.1 Å². The van der Waals surface area contributed by atoms with Crippen molar-refractivity contribution >= 4 is 5.91 Å². The van der Waals surface area contributed by atoms with E-state index < -0.39 is 11.5 Å². The van der Waals surface area contributed by atoms with Crippen LogP contribution in [0.5, 0.6) is 0 Å². The van der Waals surface area contributed by atoms with Gasteiger partial charge in [0.25, 0.3) is 5.91 Å². The first-order valence-corrected chi connectivity index (χ1v) is 7.64. The molecular weight excluding hydrogens is 288 g/mol. The molecule has 2 aromatic carbocycles. The third-order valence-corrected chi connectivity index (χ3v) is 3.86. The molecule has 0 bridgehead atoms. The van der Waals surface area contributed by atoms with Crippen LogP contribution >= 0.6 is 0 Å². The van der Waals surface area contributed by atoms with Gasteiger partial charge in [0.2, 0.25) is 0 Å². The van der Waals surface area contributed by atoms with Crippen molar-refractivity contribution in [3.63, 3.8) is 0 Å². The molecule has 0 fully saturated rings. The third-order valence-electron chi connectivity index (χ3n) is 3.86. The normalized spacial score (nSPS) is 10.8. The molecule has 118 valence electrons. The van der Waals surface area contributed by atoms with Crippen LogP contribution in [-0.2, 0) is 10.4 Å². The molecule has 0 aromatic heterocycles. The molecule has 0 aliphatic carbocycles. The van der Waals surface area contributed by atoms with E-state index in [0.29, 0.717) is 24.2 Å². The number of amides is 1. The van der Waals surface area contributed by atoms with Crippen LogP contribution in [0.25, 0.3) is 0 Å². The zero-order chi connectivity index (χ0) is 16.7. The van der Waals surface area contributed by atoms with Crippen LogP contribution in [0.2, 0.25) is 0 Å². The van der Waals surface area contributed by atoms with E-state index in [1.165, 1.54) is 4.90 Å². The SMILES string of the molecule is CCN(CCC#N)C(=O)C(O)(c1ccccc1)c1ccccc1. The lowest BCUT2D eigenvalue weighted by Gasteiger charge is -2.33. The molecule has 23 heavy (non-hydrogen) atoms. The van der Waals surface area contributed by atoms with E-state index in [4.69, 9.17) is 5.26 Å². The second-order valence-electron chi connectivity index (χ2n) is 5.24. The number of nitriles is 1. The molecule has 0 spiro atoms. The molecule has 0 aliphatic heterocycles. The maximum Gasteiger partial charge on any atom is 0.264 e. The highest BCUT2D eigenvalue weighted by Crippen LogP contribution is 2.31. The Morgan fingerprint density at radius 1 is 1.09 bits per heavy atom. The van der Waals surface area contributed by atoms with Gasteiger partial charge < -0.3 is 10.0 Å². The van der Waals surface area contributed by atoms with E-state index >= 15 is 0 Å². The Labute approximate surface area is 136 Å². The number of rotatable bonds is 6. The molecule has 4 heteroatoms. The molecule has 0 radical (unpaired) electrons. The van der Waals surface area contributed by atoms with Crippen LogP contribution in [0.3, 0.4) is 0 Å². The number of benzene rings is 2. The number of hydrogen-bond donors (Lipinski definition) is 1. The van der Waals surface area contributed by atoms with Crippen LogP contribution < -0.4 is 0 Å². The molecule has 0 heterocycles. The quantitative estimate of drug-likeness (QED) is 0.892. The van der Waals surface area contributed by atoms with Crippen molar-refractivity contribution in [2.75, 3.05) is 13.1 Å². The van der Waals surface area contributed by atoms with Crippen molar-refractivity contribution in [2.24, 2.45) is 0 Å². The zero-order valence-corrected chi connectivity index (χ0v) is 13.1. The molecule has 1 amide bonds. The lowest BCUT2D eigenvalue weighted by atomic mass is 9.85. The zero-order valence-electron chi connectivity index (χ0n) is 13.1. The number of hydrogen-bond acceptors (Lipinski definition) is 3. The summed E-state index contributed by atoms with van der Waals surface area (Å²) in [5, 5.41) is 20.1. The maximum atomic E-state index is 13.1. The first-order valence-electron chi connectivity index (χ1n) is 7.64. The van der Waals surface area contributed by atoms with E-state index in [1.54, 1.807) is 48.5 Å². The van der Waals surface area contributed by atoms with Crippen LogP contribution in [0.4, 0.5) is 0 Å². The smallest absolute Gasteiger partial charge is 0.264 e. The minimum absolute atomic E-state index is 0.235. The molecule has 2 rings (SSSR count). The highest BCUT2D eigenvalue weighted by atomic mass is 16.3. The Balaban J connectivity index is 2.50. The van der Waals surface area contributed by atoms with Gasteiger partial charge in [0.15, 0.2) is 5.60 Å².